The molecule has 2 atom stereocenters. The summed E-state index contributed by atoms with van der Waals surface area (Å²) in [5.74, 6) is 2.09. The lowest BCUT2D eigenvalue weighted by atomic mass is 9.86. The Balaban J connectivity index is 1.66. The first kappa shape index (κ1) is 25.3. The smallest absolute Gasteiger partial charge is 0.321 e. The predicted octanol–water partition coefficient (Wildman–Crippen LogP) is 4.90. The Labute approximate surface area is 203 Å². The molecule has 1 saturated heterocycles. The number of benzene rings is 2. The van der Waals surface area contributed by atoms with Crippen LogP contribution in [-0.2, 0) is 10.2 Å². The van der Waals surface area contributed by atoms with Crippen LogP contribution in [-0.4, -0.2) is 50.3 Å². The number of rotatable bonds is 9. The third kappa shape index (κ3) is 6.19. The third-order valence-electron chi connectivity index (χ3n) is 5.22. The Morgan fingerprint density at radius 3 is 2.45 bits per heavy atom. The van der Waals surface area contributed by atoms with E-state index in [2.05, 4.69) is 26.1 Å². The number of carbonyl (C=O) groups is 1. The molecule has 1 heterocycles. The summed E-state index contributed by atoms with van der Waals surface area (Å²) in [4.78, 5) is 11.2. The standard InChI is InChI=1S/C24H30ClNO6S/c1-24(2,3)16-12-15(29-4)6-7-19(16)31-8-9-32-21-17(25)10-14(11-20(21)30-5)22-26-18(13-33-22)23(27)28/h6-7,10-12,18,22,26H,8-9,13H2,1-5H3,(H,27,28). The summed E-state index contributed by atoms with van der Waals surface area (Å²) in [5.41, 5.74) is 1.77. The molecular formula is C24H30ClNO6S. The number of ether oxygens (including phenoxy) is 4. The van der Waals surface area contributed by atoms with Crippen LogP contribution >= 0.6 is 23.4 Å². The first-order valence-corrected chi connectivity index (χ1v) is 12.0. The van der Waals surface area contributed by atoms with Gasteiger partial charge in [-0.15, -0.1) is 11.8 Å². The highest BCUT2D eigenvalue weighted by Gasteiger charge is 2.31. The van der Waals surface area contributed by atoms with Crippen LogP contribution in [0.4, 0.5) is 0 Å². The maximum atomic E-state index is 11.2. The first-order chi connectivity index (χ1) is 15.6. The largest absolute Gasteiger partial charge is 0.497 e. The van der Waals surface area contributed by atoms with Crippen LogP contribution in [0.2, 0.25) is 5.02 Å². The Morgan fingerprint density at radius 1 is 1.12 bits per heavy atom. The highest BCUT2D eigenvalue weighted by atomic mass is 35.5. The predicted molar refractivity (Wildman–Crippen MR) is 130 cm³/mol. The van der Waals surface area contributed by atoms with Crippen molar-refractivity contribution in [2.75, 3.05) is 33.2 Å². The topological polar surface area (TPSA) is 86.2 Å². The van der Waals surface area contributed by atoms with Gasteiger partial charge in [0.15, 0.2) is 11.5 Å². The second-order valence-corrected chi connectivity index (χ2v) is 10.2. The normalized spacial score (nSPS) is 18.1. The fourth-order valence-electron chi connectivity index (χ4n) is 3.48. The van der Waals surface area contributed by atoms with Crippen molar-refractivity contribution in [1.82, 2.24) is 5.32 Å². The number of thioether (sulfide) groups is 1. The van der Waals surface area contributed by atoms with Crippen LogP contribution in [0.3, 0.4) is 0 Å². The van der Waals surface area contributed by atoms with Crippen LogP contribution in [0.15, 0.2) is 30.3 Å². The minimum absolute atomic E-state index is 0.112. The summed E-state index contributed by atoms with van der Waals surface area (Å²) in [5, 5.41) is 12.5. The van der Waals surface area contributed by atoms with E-state index in [1.165, 1.54) is 11.8 Å². The molecule has 0 radical (unpaired) electrons. The second-order valence-electron chi connectivity index (χ2n) is 8.61. The molecule has 2 aromatic carbocycles. The number of halogens is 1. The molecule has 2 N–H and O–H groups in total. The molecule has 2 unspecified atom stereocenters. The third-order valence-corrected chi connectivity index (χ3v) is 6.76. The van der Waals surface area contributed by atoms with Crippen molar-refractivity contribution in [1.29, 1.82) is 0 Å². The Bertz CT molecular complexity index is 994. The van der Waals surface area contributed by atoms with E-state index < -0.39 is 12.0 Å². The number of hydrogen-bond acceptors (Lipinski definition) is 7. The van der Waals surface area contributed by atoms with Gasteiger partial charge in [0.25, 0.3) is 0 Å². The van der Waals surface area contributed by atoms with E-state index >= 15 is 0 Å². The quantitative estimate of drug-likeness (QED) is 0.475. The second kappa shape index (κ2) is 10.8. The van der Waals surface area contributed by atoms with Gasteiger partial charge in [0, 0.05) is 11.3 Å². The molecule has 0 spiro atoms. The SMILES string of the molecule is COc1ccc(OCCOc2c(Cl)cc(C3NC(C(=O)O)CS3)cc2OC)c(C(C)(C)C)c1. The highest BCUT2D eigenvalue weighted by Crippen LogP contribution is 2.42. The maximum Gasteiger partial charge on any atom is 0.321 e. The number of aliphatic carboxylic acids is 1. The molecule has 3 rings (SSSR count). The number of carboxylic acids is 1. The van der Waals surface area contributed by atoms with E-state index in [-0.39, 0.29) is 17.4 Å². The fourth-order valence-corrected chi connectivity index (χ4v) is 4.97. The van der Waals surface area contributed by atoms with Crippen molar-refractivity contribution >= 4 is 29.3 Å². The van der Waals surface area contributed by atoms with Crippen molar-refractivity contribution in [2.24, 2.45) is 0 Å². The van der Waals surface area contributed by atoms with Gasteiger partial charge in [-0.1, -0.05) is 32.4 Å². The van der Waals surface area contributed by atoms with E-state index in [1.807, 2.05) is 24.3 Å². The summed E-state index contributed by atoms with van der Waals surface area (Å²) >= 11 is 8.01. The Hall–Kier alpha value is -2.29. The summed E-state index contributed by atoms with van der Waals surface area (Å²) < 4.78 is 22.7. The van der Waals surface area contributed by atoms with Gasteiger partial charge in [-0.3, -0.25) is 10.1 Å². The van der Waals surface area contributed by atoms with Gasteiger partial charge < -0.3 is 24.1 Å². The Kier molecular flexibility index (Phi) is 8.26. The summed E-state index contributed by atoms with van der Waals surface area (Å²) in [6.07, 6.45) is 0. The highest BCUT2D eigenvalue weighted by molar-refractivity contribution is 7.99. The fraction of sp³-hybridized carbons (Fsp3) is 0.458. The average molecular weight is 496 g/mol. The molecule has 1 aliphatic heterocycles. The molecular weight excluding hydrogens is 466 g/mol. The van der Waals surface area contributed by atoms with Gasteiger partial charge in [-0.25, -0.2) is 0 Å². The molecule has 0 bridgehead atoms. The molecule has 2 aromatic rings. The molecule has 7 nitrogen and oxygen atoms in total. The molecule has 0 aromatic heterocycles. The van der Waals surface area contributed by atoms with Crippen molar-refractivity contribution in [3.63, 3.8) is 0 Å². The van der Waals surface area contributed by atoms with Gasteiger partial charge in [0.2, 0.25) is 0 Å². The van der Waals surface area contributed by atoms with Gasteiger partial charge in [-0.05, 0) is 41.3 Å². The summed E-state index contributed by atoms with van der Waals surface area (Å²) in [6.45, 7) is 6.94. The first-order valence-electron chi connectivity index (χ1n) is 10.6. The van der Waals surface area contributed by atoms with Crippen LogP contribution in [0.5, 0.6) is 23.0 Å². The number of hydrogen-bond donors (Lipinski definition) is 2. The van der Waals surface area contributed by atoms with Gasteiger partial charge in [0.05, 0.1) is 24.6 Å². The lowest BCUT2D eigenvalue weighted by Gasteiger charge is -2.23. The molecule has 1 aliphatic rings. The van der Waals surface area contributed by atoms with Gasteiger partial charge >= 0.3 is 5.97 Å². The van der Waals surface area contributed by atoms with Crippen LogP contribution < -0.4 is 24.3 Å². The Morgan fingerprint density at radius 2 is 1.85 bits per heavy atom. The number of methoxy groups -OCH3 is 2. The zero-order valence-corrected chi connectivity index (χ0v) is 21.0. The van der Waals surface area contributed by atoms with E-state index in [0.717, 1.165) is 22.6 Å². The van der Waals surface area contributed by atoms with Crippen molar-refractivity contribution < 1.29 is 28.8 Å². The zero-order chi connectivity index (χ0) is 24.2. The lowest BCUT2D eigenvalue weighted by Crippen LogP contribution is -2.33. The maximum absolute atomic E-state index is 11.2. The van der Waals surface area contributed by atoms with E-state index in [0.29, 0.717) is 28.9 Å². The van der Waals surface area contributed by atoms with E-state index in [1.54, 1.807) is 20.3 Å². The molecule has 180 valence electrons. The lowest BCUT2D eigenvalue weighted by molar-refractivity contribution is -0.138. The van der Waals surface area contributed by atoms with Crippen molar-refractivity contribution in [2.45, 2.75) is 37.6 Å². The average Bonchev–Trinajstić information content (AvgIpc) is 3.27. The molecule has 0 aliphatic carbocycles. The zero-order valence-electron chi connectivity index (χ0n) is 19.4. The van der Waals surface area contributed by atoms with Crippen LogP contribution in [0, 0.1) is 0 Å². The van der Waals surface area contributed by atoms with Crippen molar-refractivity contribution in [3.8, 4) is 23.0 Å². The number of carboxylic acid groups (broad SMARTS) is 1. The summed E-state index contributed by atoms with van der Waals surface area (Å²) in [6, 6.07) is 8.76. The van der Waals surface area contributed by atoms with Crippen LogP contribution in [0.1, 0.15) is 37.3 Å². The monoisotopic (exact) mass is 495 g/mol. The van der Waals surface area contributed by atoms with E-state index in [9.17, 15) is 9.90 Å². The molecule has 0 amide bonds. The molecule has 1 fully saturated rings. The molecule has 33 heavy (non-hydrogen) atoms. The van der Waals surface area contributed by atoms with E-state index in [4.69, 9.17) is 30.5 Å². The minimum Gasteiger partial charge on any atom is -0.497 e. The van der Waals surface area contributed by atoms with Gasteiger partial charge in [0.1, 0.15) is 30.8 Å². The molecule has 0 saturated carbocycles. The molecule has 9 heteroatoms. The number of nitrogens with one attached hydrogen (secondary N) is 1. The minimum atomic E-state index is -0.866. The summed E-state index contributed by atoms with van der Waals surface area (Å²) in [7, 11) is 3.19. The van der Waals surface area contributed by atoms with Crippen LogP contribution in [0.25, 0.3) is 0 Å². The van der Waals surface area contributed by atoms with Crippen molar-refractivity contribution in [3.05, 3.63) is 46.5 Å². The van der Waals surface area contributed by atoms with Gasteiger partial charge in [-0.2, -0.15) is 0 Å².